The van der Waals surface area contributed by atoms with E-state index in [-0.39, 0.29) is 0 Å². The molecule has 0 amide bonds. The van der Waals surface area contributed by atoms with Crippen molar-refractivity contribution >= 4 is 22.9 Å². The van der Waals surface area contributed by atoms with E-state index in [9.17, 15) is 0 Å². The molecule has 0 aromatic carbocycles. The van der Waals surface area contributed by atoms with Crippen LogP contribution in [0.4, 0.5) is 0 Å². The Kier molecular flexibility index (Phi) is 3.42. The van der Waals surface area contributed by atoms with E-state index in [0.29, 0.717) is 4.47 Å². The Labute approximate surface area is 93.9 Å². The zero-order chi connectivity index (χ0) is 9.97. The molecule has 1 atom stereocenters. The molecule has 1 unspecified atom stereocenters. The second kappa shape index (κ2) is 4.60. The predicted octanol–water partition coefficient (Wildman–Crippen LogP) is 3.03. The molecule has 1 aromatic heterocycles. The zero-order valence-electron chi connectivity index (χ0n) is 8.37. The highest BCUT2D eigenvalue weighted by molar-refractivity contribution is 7.13. The van der Waals surface area contributed by atoms with Crippen LogP contribution in [0.2, 0.25) is 4.47 Å². The van der Waals surface area contributed by atoms with Gasteiger partial charge in [0.25, 0.3) is 0 Å². The van der Waals surface area contributed by atoms with Crippen LogP contribution in [0.3, 0.4) is 0 Å². The summed E-state index contributed by atoms with van der Waals surface area (Å²) in [5.74, 6) is 0.831. The summed E-state index contributed by atoms with van der Waals surface area (Å²) in [4.78, 5) is 6.74. The van der Waals surface area contributed by atoms with Crippen LogP contribution in [-0.4, -0.2) is 23.0 Å². The summed E-state index contributed by atoms with van der Waals surface area (Å²) in [7, 11) is 0. The first-order chi connectivity index (χ1) is 6.74. The van der Waals surface area contributed by atoms with Crippen LogP contribution >= 0.6 is 22.9 Å². The van der Waals surface area contributed by atoms with E-state index in [1.54, 1.807) is 0 Å². The molecule has 2 nitrogen and oxygen atoms in total. The van der Waals surface area contributed by atoms with Crippen LogP contribution in [0.15, 0.2) is 5.38 Å². The fraction of sp³-hybridized carbons (Fsp3) is 0.700. The van der Waals surface area contributed by atoms with Crippen molar-refractivity contribution in [1.82, 2.24) is 9.88 Å². The van der Waals surface area contributed by atoms with E-state index in [0.717, 1.165) is 18.2 Å². The van der Waals surface area contributed by atoms with E-state index >= 15 is 0 Å². The van der Waals surface area contributed by atoms with Crippen molar-refractivity contribution < 1.29 is 0 Å². The van der Waals surface area contributed by atoms with E-state index in [2.05, 4.69) is 22.2 Å². The SMILES string of the molecule is CC1CCCN(Cc2csc(Cl)n2)C1. The van der Waals surface area contributed by atoms with Crippen LogP contribution in [0.5, 0.6) is 0 Å². The van der Waals surface area contributed by atoms with Crippen LogP contribution in [0.1, 0.15) is 25.5 Å². The number of halogens is 1. The number of hydrogen-bond donors (Lipinski definition) is 0. The van der Waals surface area contributed by atoms with Gasteiger partial charge in [-0.2, -0.15) is 0 Å². The number of rotatable bonds is 2. The Hall–Kier alpha value is -0.120. The molecule has 1 aromatic rings. The second-order valence-electron chi connectivity index (χ2n) is 4.07. The van der Waals surface area contributed by atoms with Crippen LogP contribution in [-0.2, 0) is 6.54 Å². The third-order valence-corrected chi connectivity index (χ3v) is 3.68. The normalized spacial score (nSPS) is 24.0. The average Bonchev–Trinajstić information content (AvgIpc) is 2.51. The van der Waals surface area contributed by atoms with Gasteiger partial charge in [-0.25, -0.2) is 4.98 Å². The zero-order valence-corrected chi connectivity index (χ0v) is 9.94. The highest BCUT2D eigenvalue weighted by Gasteiger charge is 2.16. The fourth-order valence-corrected chi connectivity index (χ4v) is 2.79. The monoisotopic (exact) mass is 230 g/mol. The van der Waals surface area contributed by atoms with Gasteiger partial charge < -0.3 is 0 Å². The molecule has 0 radical (unpaired) electrons. The summed E-state index contributed by atoms with van der Waals surface area (Å²) >= 11 is 7.32. The van der Waals surface area contributed by atoms with Crippen molar-refractivity contribution in [2.75, 3.05) is 13.1 Å². The van der Waals surface area contributed by atoms with Gasteiger partial charge >= 0.3 is 0 Å². The predicted molar refractivity (Wildman–Crippen MR) is 60.8 cm³/mol. The van der Waals surface area contributed by atoms with Crippen molar-refractivity contribution in [1.29, 1.82) is 0 Å². The standard InChI is InChI=1S/C10H15ClN2S/c1-8-3-2-4-13(5-8)6-9-7-14-10(11)12-9/h7-8H,2-6H2,1H3. The molecule has 0 spiro atoms. The van der Waals surface area contributed by atoms with Crippen molar-refractivity contribution in [2.45, 2.75) is 26.3 Å². The molecular formula is C10H15ClN2S. The molecule has 0 N–H and O–H groups in total. The van der Waals surface area contributed by atoms with E-state index < -0.39 is 0 Å². The van der Waals surface area contributed by atoms with Crippen LogP contribution in [0.25, 0.3) is 0 Å². The summed E-state index contributed by atoms with van der Waals surface area (Å²) < 4.78 is 0.657. The molecule has 1 aliphatic rings. The van der Waals surface area contributed by atoms with Gasteiger partial charge in [0, 0.05) is 18.5 Å². The van der Waals surface area contributed by atoms with E-state index in [1.807, 2.05) is 0 Å². The number of nitrogens with zero attached hydrogens (tertiary/aromatic N) is 2. The topological polar surface area (TPSA) is 16.1 Å². The van der Waals surface area contributed by atoms with Crippen LogP contribution in [0, 0.1) is 5.92 Å². The third kappa shape index (κ3) is 2.69. The second-order valence-corrected chi connectivity index (χ2v) is 5.51. The Balaban J connectivity index is 1.90. The molecule has 1 saturated heterocycles. The molecular weight excluding hydrogens is 216 g/mol. The van der Waals surface area contributed by atoms with Crippen molar-refractivity contribution in [2.24, 2.45) is 5.92 Å². The molecule has 0 bridgehead atoms. The lowest BCUT2D eigenvalue weighted by molar-refractivity contribution is 0.175. The van der Waals surface area contributed by atoms with Gasteiger partial charge in [-0.3, -0.25) is 4.90 Å². The van der Waals surface area contributed by atoms with Gasteiger partial charge in [-0.05, 0) is 25.3 Å². The van der Waals surface area contributed by atoms with Crippen LogP contribution < -0.4 is 0 Å². The Morgan fingerprint density at radius 3 is 3.21 bits per heavy atom. The summed E-state index contributed by atoms with van der Waals surface area (Å²) in [5.41, 5.74) is 1.12. The van der Waals surface area contributed by atoms with Crippen molar-refractivity contribution in [3.8, 4) is 0 Å². The summed E-state index contributed by atoms with van der Waals surface area (Å²) in [6.07, 6.45) is 2.69. The summed E-state index contributed by atoms with van der Waals surface area (Å²) in [5, 5.41) is 2.06. The van der Waals surface area contributed by atoms with E-state index in [4.69, 9.17) is 11.6 Å². The van der Waals surface area contributed by atoms with E-state index in [1.165, 1.54) is 37.3 Å². The molecule has 0 saturated carbocycles. The summed E-state index contributed by atoms with van der Waals surface area (Å²) in [6.45, 7) is 5.70. The Bertz CT molecular complexity index is 300. The number of thiazole rings is 1. The lowest BCUT2D eigenvalue weighted by atomic mass is 10.0. The van der Waals surface area contributed by atoms with Gasteiger partial charge in [0.2, 0.25) is 0 Å². The number of aromatic nitrogens is 1. The Morgan fingerprint density at radius 2 is 2.57 bits per heavy atom. The molecule has 1 aliphatic heterocycles. The maximum absolute atomic E-state index is 5.80. The minimum absolute atomic E-state index is 0.657. The summed E-state index contributed by atoms with van der Waals surface area (Å²) in [6, 6.07) is 0. The fourth-order valence-electron chi connectivity index (χ4n) is 2.01. The minimum atomic E-state index is 0.657. The molecule has 14 heavy (non-hydrogen) atoms. The highest BCUT2D eigenvalue weighted by Crippen LogP contribution is 2.20. The molecule has 4 heteroatoms. The quantitative estimate of drug-likeness (QED) is 0.777. The molecule has 78 valence electrons. The highest BCUT2D eigenvalue weighted by atomic mass is 35.5. The number of likely N-dealkylation sites (tertiary alicyclic amines) is 1. The number of hydrogen-bond acceptors (Lipinski definition) is 3. The maximum atomic E-state index is 5.80. The van der Waals surface area contributed by atoms with Gasteiger partial charge in [0.15, 0.2) is 4.47 Å². The van der Waals surface area contributed by atoms with Gasteiger partial charge in [0.05, 0.1) is 5.69 Å². The third-order valence-electron chi connectivity index (χ3n) is 2.65. The lowest BCUT2D eigenvalue weighted by Crippen LogP contribution is -2.33. The average molecular weight is 231 g/mol. The van der Waals surface area contributed by atoms with Gasteiger partial charge in [-0.15, -0.1) is 11.3 Å². The molecule has 0 aliphatic carbocycles. The van der Waals surface area contributed by atoms with Crippen molar-refractivity contribution in [3.05, 3.63) is 15.5 Å². The molecule has 2 rings (SSSR count). The maximum Gasteiger partial charge on any atom is 0.183 e. The van der Waals surface area contributed by atoms with Crippen molar-refractivity contribution in [3.63, 3.8) is 0 Å². The molecule has 2 heterocycles. The Morgan fingerprint density at radius 1 is 1.71 bits per heavy atom. The first kappa shape index (κ1) is 10.4. The lowest BCUT2D eigenvalue weighted by Gasteiger charge is -2.30. The van der Waals surface area contributed by atoms with Gasteiger partial charge in [-0.1, -0.05) is 18.5 Å². The minimum Gasteiger partial charge on any atom is -0.297 e. The van der Waals surface area contributed by atoms with Gasteiger partial charge in [0.1, 0.15) is 0 Å². The largest absolute Gasteiger partial charge is 0.297 e. The first-order valence-corrected chi connectivity index (χ1v) is 6.32. The number of piperidine rings is 1. The first-order valence-electron chi connectivity index (χ1n) is 5.06. The molecule has 1 fully saturated rings. The smallest absolute Gasteiger partial charge is 0.183 e.